The Hall–Kier alpha value is -1.22. The lowest BCUT2D eigenvalue weighted by Gasteiger charge is -2.31. The molecule has 1 saturated heterocycles. The number of piperidine rings is 1. The molecule has 0 spiro atoms. The van der Waals surface area contributed by atoms with E-state index in [9.17, 15) is 5.11 Å². The van der Waals surface area contributed by atoms with Gasteiger partial charge in [0.15, 0.2) is 0 Å². The Kier molecular flexibility index (Phi) is 3.16. The quantitative estimate of drug-likeness (QED) is 0.797. The van der Waals surface area contributed by atoms with Crippen molar-refractivity contribution < 1.29 is 5.11 Å². The number of rotatable bonds is 1. The second-order valence-electron chi connectivity index (χ2n) is 5.55. The third-order valence-corrected chi connectivity index (χ3v) is 4.40. The molecule has 0 atom stereocenters. The SMILES string of the molecule is CN1CCCc2c1ccc(C1CCNCC1)c2O. The molecule has 0 unspecified atom stereocenters. The highest BCUT2D eigenvalue weighted by Gasteiger charge is 2.24. The average Bonchev–Trinajstić information content (AvgIpc) is 2.41. The molecule has 0 bridgehead atoms. The van der Waals surface area contributed by atoms with Crippen LogP contribution in [0.2, 0.25) is 0 Å². The Morgan fingerprint density at radius 1 is 1.28 bits per heavy atom. The lowest BCUT2D eigenvalue weighted by Crippen LogP contribution is -2.27. The lowest BCUT2D eigenvalue weighted by molar-refractivity contribution is 0.419. The van der Waals surface area contributed by atoms with Gasteiger partial charge in [-0.2, -0.15) is 0 Å². The summed E-state index contributed by atoms with van der Waals surface area (Å²) in [5, 5.41) is 13.9. The standard InChI is InChI=1S/C15H22N2O/c1-17-10-2-3-13-14(17)5-4-12(15(13)18)11-6-8-16-9-7-11/h4-5,11,16,18H,2-3,6-10H2,1H3. The molecule has 2 aliphatic rings. The summed E-state index contributed by atoms with van der Waals surface area (Å²) in [6.45, 7) is 3.24. The minimum absolute atomic E-state index is 0.531. The van der Waals surface area contributed by atoms with E-state index in [1.807, 2.05) is 0 Å². The zero-order chi connectivity index (χ0) is 12.5. The van der Waals surface area contributed by atoms with Crippen molar-refractivity contribution in [3.63, 3.8) is 0 Å². The first-order chi connectivity index (χ1) is 8.77. The summed E-state index contributed by atoms with van der Waals surface area (Å²) in [6, 6.07) is 4.34. The first kappa shape index (κ1) is 11.8. The molecule has 2 N–H and O–H groups in total. The second kappa shape index (κ2) is 4.81. The third-order valence-electron chi connectivity index (χ3n) is 4.40. The van der Waals surface area contributed by atoms with E-state index in [0.717, 1.165) is 45.3 Å². The number of aromatic hydroxyl groups is 1. The van der Waals surface area contributed by atoms with Crippen LogP contribution in [0.25, 0.3) is 0 Å². The van der Waals surface area contributed by atoms with Gasteiger partial charge in [-0.15, -0.1) is 0 Å². The van der Waals surface area contributed by atoms with E-state index in [-0.39, 0.29) is 0 Å². The molecule has 2 heterocycles. The maximum absolute atomic E-state index is 10.6. The molecule has 0 aliphatic carbocycles. The topological polar surface area (TPSA) is 35.5 Å². The van der Waals surface area contributed by atoms with Gasteiger partial charge in [-0.3, -0.25) is 0 Å². The molecule has 0 amide bonds. The maximum Gasteiger partial charge on any atom is 0.124 e. The summed E-state index contributed by atoms with van der Waals surface area (Å²) in [5.41, 5.74) is 3.56. The van der Waals surface area contributed by atoms with E-state index in [4.69, 9.17) is 0 Å². The van der Waals surface area contributed by atoms with Crippen LogP contribution in [-0.4, -0.2) is 31.8 Å². The van der Waals surface area contributed by atoms with Crippen LogP contribution in [-0.2, 0) is 6.42 Å². The smallest absolute Gasteiger partial charge is 0.124 e. The Morgan fingerprint density at radius 3 is 2.83 bits per heavy atom. The summed E-state index contributed by atoms with van der Waals surface area (Å²) in [7, 11) is 2.11. The fourth-order valence-corrected chi connectivity index (χ4v) is 3.32. The molecular weight excluding hydrogens is 224 g/mol. The molecule has 1 fully saturated rings. The first-order valence-corrected chi connectivity index (χ1v) is 7.04. The van der Waals surface area contributed by atoms with Gasteiger partial charge >= 0.3 is 0 Å². The van der Waals surface area contributed by atoms with Crippen molar-refractivity contribution in [2.24, 2.45) is 0 Å². The van der Waals surface area contributed by atoms with Gasteiger partial charge in [0, 0.05) is 24.8 Å². The van der Waals surface area contributed by atoms with Crippen LogP contribution in [0.1, 0.15) is 36.3 Å². The number of fused-ring (bicyclic) bond motifs is 1. The molecule has 0 saturated carbocycles. The van der Waals surface area contributed by atoms with E-state index in [1.165, 1.54) is 16.8 Å². The minimum atomic E-state index is 0.531. The summed E-state index contributed by atoms with van der Waals surface area (Å²) in [4.78, 5) is 2.25. The van der Waals surface area contributed by atoms with Gasteiger partial charge in [-0.05, 0) is 56.3 Å². The molecule has 0 aromatic heterocycles. The molecule has 2 aliphatic heterocycles. The third kappa shape index (κ3) is 1.97. The summed E-state index contributed by atoms with van der Waals surface area (Å²) in [5.74, 6) is 1.11. The Labute approximate surface area is 109 Å². The van der Waals surface area contributed by atoms with Gasteiger partial charge in [0.2, 0.25) is 0 Å². The van der Waals surface area contributed by atoms with E-state index >= 15 is 0 Å². The summed E-state index contributed by atoms with van der Waals surface area (Å²) < 4.78 is 0. The van der Waals surface area contributed by atoms with Crippen molar-refractivity contribution in [3.05, 3.63) is 23.3 Å². The monoisotopic (exact) mass is 246 g/mol. The molecule has 1 aromatic carbocycles. The number of hydrogen-bond acceptors (Lipinski definition) is 3. The van der Waals surface area contributed by atoms with E-state index in [0.29, 0.717) is 11.7 Å². The van der Waals surface area contributed by atoms with Crippen LogP contribution < -0.4 is 10.2 Å². The highest BCUT2D eigenvalue weighted by molar-refractivity contribution is 5.63. The van der Waals surface area contributed by atoms with Crippen LogP contribution in [0.4, 0.5) is 5.69 Å². The van der Waals surface area contributed by atoms with Crippen molar-refractivity contribution in [2.45, 2.75) is 31.6 Å². The van der Waals surface area contributed by atoms with Crippen molar-refractivity contribution in [2.75, 3.05) is 31.6 Å². The molecule has 0 radical (unpaired) electrons. The fraction of sp³-hybridized carbons (Fsp3) is 0.600. The molecule has 1 aromatic rings. The number of hydrogen-bond donors (Lipinski definition) is 2. The Morgan fingerprint density at radius 2 is 2.06 bits per heavy atom. The molecule has 98 valence electrons. The normalized spacial score (nSPS) is 20.8. The molecular formula is C15H22N2O. The molecule has 3 heteroatoms. The molecule has 18 heavy (non-hydrogen) atoms. The van der Waals surface area contributed by atoms with Gasteiger partial charge in [-0.1, -0.05) is 6.07 Å². The number of benzene rings is 1. The number of phenols is 1. The van der Waals surface area contributed by atoms with E-state index < -0.39 is 0 Å². The number of anilines is 1. The molecule has 3 nitrogen and oxygen atoms in total. The number of nitrogens with one attached hydrogen (secondary N) is 1. The minimum Gasteiger partial charge on any atom is -0.507 e. The summed E-state index contributed by atoms with van der Waals surface area (Å²) in [6.07, 6.45) is 4.45. The number of nitrogens with zero attached hydrogens (tertiary/aromatic N) is 1. The van der Waals surface area contributed by atoms with Gasteiger partial charge in [-0.25, -0.2) is 0 Å². The predicted octanol–water partition coefficient (Wildman–Crippen LogP) is 2.24. The zero-order valence-electron chi connectivity index (χ0n) is 11.1. The van der Waals surface area contributed by atoms with Crippen LogP contribution >= 0.6 is 0 Å². The zero-order valence-corrected chi connectivity index (χ0v) is 11.1. The largest absolute Gasteiger partial charge is 0.507 e. The van der Waals surface area contributed by atoms with Crippen molar-refractivity contribution >= 4 is 5.69 Å². The highest BCUT2D eigenvalue weighted by Crippen LogP contribution is 2.40. The maximum atomic E-state index is 10.6. The van der Waals surface area contributed by atoms with Crippen molar-refractivity contribution in [3.8, 4) is 5.75 Å². The fourth-order valence-electron chi connectivity index (χ4n) is 3.32. The Bertz CT molecular complexity index is 438. The lowest BCUT2D eigenvalue weighted by atomic mass is 9.86. The first-order valence-electron chi connectivity index (χ1n) is 7.04. The van der Waals surface area contributed by atoms with E-state index in [2.05, 4.69) is 29.4 Å². The molecule has 3 rings (SSSR count). The second-order valence-corrected chi connectivity index (χ2v) is 5.55. The van der Waals surface area contributed by atoms with Crippen molar-refractivity contribution in [1.82, 2.24) is 5.32 Å². The number of phenolic OH excluding ortho intramolecular Hbond substituents is 1. The predicted molar refractivity (Wildman–Crippen MR) is 74.5 cm³/mol. The van der Waals surface area contributed by atoms with Crippen LogP contribution in [0.3, 0.4) is 0 Å². The van der Waals surface area contributed by atoms with Crippen LogP contribution in [0, 0.1) is 0 Å². The van der Waals surface area contributed by atoms with Gasteiger partial charge in [0.1, 0.15) is 5.75 Å². The summed E-state index contributed by atoms with van der Waals surface area (Å²) >= 11 is 0. The van der Waals surface area contributed by atoms with Gasteiger partial charge in [0.25, 0.3) is 0 Å². The van der Waals surface area contributed by atoms with Gasteiger partial charge in [0.05, 0.1) is 0 Å². The Balaban J connectivity index is 1.96. The average molecular weight is 246 g/mol. The van der Waals surface area contributed by atoms with E-state index in [1.54, 1.807) is 0 Å². The van der Waals surface area contributed by atoms with Crippen molar-refractivity contribution in [1.29, 1.82) is 0 Å². The van der Waals surface area contributed by atoms with Gasteiger partial charge < -0.3 is 15.3 Å². The van der Waals surface area contributed by atoms with Crippen LogP contribution in [0.5, 0.6) is 5.75 Å². The highest BCUT2D eigenvalue weighted by atomic mass is 16.3. The van der Waals surface area contributed by atoms with Crippen LogP contribution in [0.15, 0.2) is 12.1 Å².